The van der Waals surface area contributed by atoms with Crippen LogP contribution in [0.5, 0.6) is 0 Å². The summed E-state index contributed by atoms with van der Waals surface area (Å²) in [5, 5.41) is 5.02. The van der Waals surface area contributed by atoms with Crippen molar-refractivity contribution in [1.29, 1.82) is 0 Å². The Hall–Kier alpha value is -0.628. The van der Waals surface area contributed by atoms with Crippen molar-refractivity contribution in [2.24, 2.45) is 0 Å². The van der Waals surface area contributed by atoms with Gasteiger partial charge < -0.3 is 13.7 Å². The molecule has 1 saturated heterocycles. The Bertz CT molecular complexity index is 723. The van der Waals surface area contributed by atoms with Crippen molar-refractivity contribution in [2.75, 3.05) is 0 Å². The van der Waals surface area contributed by atoms with Crippen LogP contribution in [-0.2, 0) is 13.7 Å². The molecule has 0 N–H and O–H groups in total. The second kappa shape index (κ2) is 7.50. The molecule has 2 atom stereocenters. The highest BCUT2D eigenvalue weighted by Crippen LogP contribution is 2.42. The van der Waals surface area contributed by atoms with Crippen LogP contribution in [0.2, 0.25) is 18.1 Å². The zero-order valence-electron chi connectivity index (χ0n) is 20.3. The smallest absolute Gasteiger partial charge is 0.412 e. The topological polar surface area (TPSA) is 45.5 Å². The summed E-state index contributed by atoms with van der Waals surface area (Å²) < 4.78 is 21.6. The fraction of sp³-hybridized carbons (Fsp3) is 0.864. The lowest BCUT2D eigenvalue weighted by Crippen LogP contribution is -2.47. The average Bonchev–Trinajstić information content (AvgIpc) is 3.03. The third-order valence-electron chi connectivity index (χ3n) is 7.82. The number of hydrogen-bond acceptors (Lipinski definition) is 4. The van der Waals surface area contributed by atoms with Crippen LogP contribution in [0.1, 0.15) is 85.9 Å². The Balaban J connectivity index is 1.85. The predicted molar refractivity (Wildman–Crippen MR) is 122 cm³/mol. The molecule has 0 spiro atoms. The molecule has 1 saturated carbocycles. The molecular weight excluding hydrogens is 379 g/mol. The van der Waals surface area contributed by atoms with E-state index in [9.17, 15) is 0 Å². The van der Waals surface area contributed by atoms with Crippen LogP contribution in [0.25, 0.3) is 0 Å². The van der Waals surface area contributed by atoms with E-state index in [0.29, 0.717) is 0 Å². The standard InChI is InChI=1S/C22H41BN2O3Si/c1-16-17(23-27-21(5,6)22(7,8)28-23)15-24-25(16)18-13-11-12-14-19(18)26-29(9,10)20(2,3)4/h15,18-19H,11-14H2,1-10H3/t18?,19-/m1/s1. The predicted octanol–water partition coefficient (Wildman–Crippen LogP) is 5.00. The third-order valence-corrected chi connectivity index (χ3v) is 12.3. The van der Waals surface area contributed by atoms with E-state index in [0.717, 1.165) is 24.0 Å². The molecule has 0 amide bonds. The van der Waals surface area contributed by atoms with Gasteiger partial charge in [0.25, 0.3) is 0 Å². The Morgan fingerprint density at radius 1 is 1.10 bits per heavy atom. The Labute approximate surface area is 179 Å². The first kappa shape index (κ1) is 23.0. The lowest BCUT2D eigenvalue weighted by molar-refractivity contribution is 0.00578. The van der Waals surface area contributed by atoms with E-state index in [-0.39, 0.29) is 35.5 Å². The highest BCUT2D eigenvalue weighted by molar-refractivity contribution is 6.74. The molecule has 2 heterocycles. The van der Waals surface area contributed by atoms with E-state index in [1.807, 2.05) is 6.20 Å². The van der Waals surface area contributed by atoms with Crippen molar-refractivity contribution >= 4 is 20.9 Å². The van der Waals surface area contributed by atoms with Gasteiger partial charge in [-0.25, -0.2) is 0 Å². The minimum atomic E-state index is -1.83. The van der Waals surface area contributed by atoms with Gasteiger partial charge in [0.2, 0.25) is 0 Å². The first-order valence-electron chi connectivity index (χ1n) is 11.2. The monoisotopic (exact) mass is 420 g/mol. The fourth-order valence-electron chi connectivity index (χ4n) is 4.02. The first-order chi connectivity index (χ1) is 13.2. The summed E-state index contributed by atoms with van der Waals surface area (Å²) in [6.45, 7) is 22.2. The number of aromatic nitrogens is 2. The minimum absolute atomic E-state index is 0.210. The molecule has 1 aromatic heterocycles. The van der Waals surface area contributed by atoms with Crippen molar-refractivity contribution in [1.82, 2.24) is 9.78 Å². The van der Waals surface area contributed by atoms with E-state index in [1.54, 1.807) is 0 Å². The lowest BCUT2D eigenvalue weighted by Gasteiger charge is -2.43. The van der Waals surface area contributed by atoms with Crippen LogP contribution >= 0.6 is 0 Å². The number of hydrogen-bond donors (Lipinski definition) is 0. The van der Waals surface area contributed by atoms with Crippen LogP contribution in [0, 0.1) is 6.92 Å². The van der Waals surface area contributed by atoms with Gasteiger partial charge in [0.05, 0.1) is 23.3 Å². The molecule has 1 unspecified atom stereocenters. The molecule has 0 aromatic carbocycles. The van der Waals surface area contributed by atoms with Crippen LogP contribution in [0.3, 0.4) is 0 Å². The van der Waals surface area contributed by atoms with Gasteiger partial charge in [0.1, 0.15) is 0 Å². The summed E-state index contributed by atoms with van der Waals surface area (Å²) in [6, 6.07) is 0.286. The van der Waals surface area contributed by atoms with Gasteiger partial charge in [0, 0.05) is 17.4 Å². The van der Waals surface area contributed by atoms with Gasteiger partial charge >= 0.3 is 7.12 Å². The van der Waals surface area contributed by atoms with Gasteiger partial charge in [-0.1, -0.05) is 33.6 Å². The van der Waals surface area contributed by atoms with E-state index in [1.165, 1.54) is 12.8 Å². The number of nitrogens with zero attached hydrogens (tertiary/aromatic N) is 2. The second-order valence-electron chi connectivity index (χ2n) is 11.5. The summed E-state index contributed by atoms with van der Waals surface area (Å²) in [6.07, 6.45) is 6.87. The Kier molecular flexibility index (Phi) is 5.96. The van der Waals surface area contributed by atoms with Crippen LogP contribution in [0.4, 0.5) is 0 Å². The lowest BCUT2D eigenvalue weighted by atomic mass is 9.79. The average molecular weight is 420 g/mol. The van der Waals surface area contributed by atoms with E-state index < -0.39 is 8.32 Å². The van der Waals surface area contributed by atoms with Gasteiger partial charge in [-0.05, 0) is 65.6 Å². The van der Waals surface area contributed by atoms with E-state index >= 15 is 0 Å². The molecule has 1 aliphatic carbocycles. The maximum Gasteiger partial charge on any atom is 0.498 e. The molecule has 0 bridgehead atoms. The molecule has 1 aliphatic heterocycles. The van der Waals surface area contributed by atoms with Crippen LogP contribution < -0.4 is 5.46 Å². The maximum absolute atomic E-state index is 6.88. The normalized spacial score (nSPS) is 27.4. The molecule has 3 rings (SSSR count). The first-order valence-corrected chi connectivity index (χ1v) is 14.1. The SMILES string of the molecule is Cc1c(B2OC(C)(C)C(C)(C)O2)cnn1C1CCCC[C@H]1O[Si](C)(C)C(C)(C)C. The highest BCUT2D eigenvalue weighted by Gasteiger charge is 2.53. The van der Waals surface area contributed by atoms with Crippen LogP contribution in [-0.4, -0.2) is 42.5 Å². The summed E-state index contributed by atoms with van der Waals surface area (Å²) in [5.41, 5.74) is 1.50. The molecule has 29 heavy (non-hydrogen) atoms. The van der Waals surface area contributed by atoms with Gasteiger partial charge in [-0.2, -0.15) is 5.10 Å². The summed E-state index contributed by atoms with van der Waals surface area (Å²) in [4.78, 5) is 0. The molecule has 7 heteroatoms. The van der Waals surface area contributed by atoms with Crippen molar-refractivity contribution in [3.63, 3.8) is 0 Å². The van der Waals surface area contributed by atoms with Crippen molar-refractivity contribution in [3.8, 4) is 0 Å². The van der Waals surface area contributed by atoms with Gasteiger partial charge in [-0.3, -0.25) is 4.68 Å². The van der Waals surface area contributed by atoms with Crippen molar-refractivity contribution in [3.05, 3.63) is 11.9 Å². The Morgan fingerprint density at radius 2 is 1.66 bits per heavy atom. The summed E-state index contributed by atoms with van der Waals surface area (Å²) in [5.74, 6) is 0. The molecule has 2 aliphatic rings. The fourth-order valence-corrected chi connectivity index (χ4v) is 5.41. The van der Waals surface area contributed by atoms with Crippen molar-refractivity contribution in [2.45, 2.75) is 123 Å². The molecular formula is C22H41BN2O3Si. The molecule has 0 radical (unpaired) electrons. The van der Waals surface area contributed by atoms with Crippen molar-refractivity contribution < 1.29 is 13.7 Å². The largest absolute Gasteiger partial charge is 0.498 e. The molecule has 164 valence electrons. The number of rotatable bonds is 4. The summed E-state index contributed by atoms with van der Waals surface area (Å²) in [7, 11) is -2.20. The highest BCUT2D eigenvalue weighted by atomic mass is 28.4. The summed E-state index contributed by atoms with van der Waals surface area (Å²) >= 11 is 0. The second-order valence-corrected chi connectivity index (χ2v) is 16.2. The zero-order chi connectivity index (χ0) is 21.8. The molecule has 1 aromatic rings. The minimum Gasteiger partial charge on any atom is -0.412 e. The zero-order valence-corrected chi connectivity index (χ0v) is 21.3. The molecule has 2 fully saturated rings. The van der Waals surface area contributed by atoms with E-state index in [2.05, 4.69) is 73.2 Å². The maximum atomic E-state index is 6.88. The van der Waals surface area contributed by atoms with Gasteiger partial charge in [0.15, 0.2) is 8.32 Å². The quantitative estimate of drug-likeness (QED) is 0.644. The molecule has 5 nitrogen and oxygen atoms in total. The Morgan fingerprint density at radius 3 is 2.21 bits per heavy atom. The van der Waals surface area contributed by atoms with Gasteiger partial charge in [-0.15, -0.1) is 0 Å². The third kappa shape index (κ3) is 4.25. The van der Waals surface area contributed by atoms with Crippen LogP contribution in [0.15, 0.2) is 6.20 Å². The van der Waals surface area contributed by atoms with E-state index in [4.69, 9.17) is 18.8 Å².